The number of alkyl halides is 3. The standard InChI is InChI=1S/C12H9F3N2S/c1-7-6-16-11(18)17-10(7)8-3-2-4-9(5-8)12(13,14)15/h2-6H,1H3,(H,16,17,18). The molecular formula is C12H9F3N2S. The van der Waals surface area contributed by atoms with Crippen LogP contribution in [-0.4, -0.2) is 9.97 Å². The molecule has 0 bridgehead atoms. The number of H-pyrrole nitrogens is 1. The Kier molecular flexibility index (Phi) is 3.21. The van der Waals surface area contributed by atoms with Crippen molar-refractivity contribution >= 4 is 12.2 Å². The van der Waals surface area contributed by atoms with Gasteiger partial charge in [0.25, 0.3) is 0 Å². The number of aryl methyl sites for hydroxylation is 1. The Balaban J connectivity index is 2.58. The molecule has 0 radical (unpaired) electrons. The molecule has 6 heteroatoms. The monoisotopic (exact) mass is 270 g/mol. The van der Waals surface area contributed by atoms with Crippen LogP contribution in [0.15, 0.2) is 30.5 Å². The molecule has 0 unspecified atom stereocenters. The summed E-state index contributed by atoms with van der Waals surface area (Å²) in [6, 6.07) is 5.10. The largest absolute Gasteiger partial charge is 0.416 e. The van der Waals surface area contributed by atoms with Gasteiger partial charge in [0, 0.05) is 6.20 Å². The predicted octanol–water partition coefficient (Wildman–Crippen LogP) is 4.13. The van der Waals surface area contributed by atoms with Gasteiger partial charge in [0.15, 0.2) is 4.77 Å². The average Bonchev–Trinajstić information content (AvgIpc) is 2.31. The number of hydrogen-bond donors (Lipinski definition) is 1. The maximum atomic E-state index is 12.6. The summed E-state index contributed by atoms with van der Waals surface area (Å²) in [6.45, 7) is 1.76. The molecule has 1 N–H and O–H groups in total. The third-order valence-corrected chi connectivity index (χ3v) is 2.69. The lowest BCUT2D eigenvalue weighted by Crippen LogP contribution is -2.04. The zero-order valence-corrected chi connectivity index (χ0v) is 10.2. The number of aromatic nitrogens is 2. The summed E-state index contributed by atoms with van der Waals surface area (Å²) in [4.78, 5) is 6.68. The second-order valence-electron chi connectivity index (χ2n) is 3.82. The minimum absolute atomic E-state index is 0.244. The lowest BCUT2D eigenvalue weighted by atomic mass is 10.1. The van der Waals surface area contributed by atoms with Gasteiger partial charge in [0.2, 0.25) is 0 Å². The van der Waals surface area contributed by atoms with E-state index < -0.39 is 11.7 Å². The third-order valence-electron chi connectivity index (χ3n) is 2.48. The van der Waals surface area contributed by atoms with Gasteiger partial charge in [-0.3, -0.25) is 0 Å². The second kappa shape index (κ2) is 4.53. The van der Waals surface area contributed by atoms with Crippen LogP contribution in [0.4, 0.5) is 13.2 Å². The molecule has 0 aliphatic heterocycles. The maximum Gasteiger partial charge on any atom is 0.416 e. The van der Waals surface area contributed by atoms with Crippen LogP contribution < -0.4 is 0 Å². The summed E-state index contributed by atoms with van der Waals surface area (Å²) in [5.41, 5.74) is 1.05. The highest BCUT2D eigenvalue weighted by Crippen LogP contribution is 2.32. The first kappa shape index (κ1) is 12.8. The fourth-order valence-electron chi connectivity index (χ4n) is 1.61. The van der Waals surface area contributed by atoms with Crippen LogP contribution in [0.1, 0.15) is 11.1 Å². The quantitative estimate of drug-likeness (QED) is 0.789. The van der Waals surface area contributed by atoms with Gasteiger partial charge in [0.05, 0.1) is 11.3 Å². The fourth-order valence-corrected chi connectivity index (χ4v) is 1.76. The van der Waals surface area contributed by atoms with Crippen molar-refractivity contribution in [1.29, 1.82) is 0 Å². The molecule has 94 valence electrons. The first-order valence-corrected chi connectivity index (χ1v) is 5.52. The number of nitrogens with one attached hydrogen (secondary N) is 1. The number of rotatable bonds is 1. The molecule has 0 aliphatic carbocycles. The maximum absolute atomic E-state index is 12.6. The molecule has 1 aromatic carbocycles. The number of hydrogen-bond acceptors (Lipinski definition) is 2. The molecule has 0 saturated carbocycles. The van der Waals surface area contributed by atoms with Gasteiger partial charge >= 0.3 is 6.18 Å². The molecule has 1 heterocycles. The number of halogens is 3. The lowest BCUT2D eigenvalue weighted by Gasteiger charge is -2.10. The van der Waals surface area contributed by atoms with Crippen LogP contribution in [0.2, 0.25) is 0 Å². The van der Waals surface area contributed by atoms with Crippen molar-refractivity contribution in [2.75, 3.05) is 0 Å². The summed E-state index contributed by atoms with van der Waals surface area (Å²) < 4.78 is 38.1. The molecule has 0 aliphatic rings. The van der Waals surface area contributed by atoms with Crippen LogP contribution in [0.3, 0.4) is 0 Å². The summed E-state index contributed by atoms with van der Waals surface area (Å²) >= 11 is 4.88. The van der Waals surface area contributed by atoms with Crippen molar-refractivity contribution in [3.05, 3.63) is 46.4 Å². The summed E-state index contributed by atoms with van der Waals surface area (Å²) in [5.74, 6) is 0. The Morgan fingerprint density at radius 2 is 2.00 bits per heavy atom. The van der Waals surface area contributed by atoms with E-state index in [0.29, 0.717) is 11.3 Å². The highest BCUT2D eigenvalue weighted by molar-refractivity contribution is 7.71. The summed E-state index contributed by atoms with van der Waals surface area (Å²) in [7, 11) is 0. The molecule has 1 aromatic heterocycles. The Labute approximate surface area is 107 Å². The lowest BCUT2D eigenvalue weighted by molar-refractivity contribution is -0.137. The number of benzene rings is 1. The van der Waals surface area contributed by atoms with Crippen LogP contribution in [0.5, 0.6) is 0 Å². The van der Waals surface area contributed by atoms with Gasteiger partial charge in [0.1, 0.15) is 0 Å². The smallest absolute Gasteiger partial charge is 0.330 e. The van der Waals surface area contributed by atoms with Gasteiger partial charge in [-0.1, -0.05) is 12.1 Å². The minimum Gasteiger partial charge on any atom is -0.330 e. The Hall–Kier alpha value is -1.69. The van der Waals surface area contributed by atoms with Crippen molar-refractivity contribution in [3.63, 3.8) is 0 Å². The molecule has 18 heavy (non-hydrogen) atoms. The van der Waals surface area contributed by atoms with Crippen molar-refractivity contribution in [3.8, 4) is 11.3 Å². The zero-order valence-electron chi connectivity index (χ0n) is 9.38. The van der Waals surface area contributed by atoms with Gasteiger partial charge in [-0.05, 0) is 42.4 Å². The Morgan fingerprint density at radius 3 is 2.67 bits per heavy atom. The third kappa shape index (κ3) is 2.59. The van der Waals surface area contributed by atoms with E-state index in [2.05, 4.69) is 9.97 Å². The molecule has 0 spiro atoms. The molecule has 2 nitrogen and oxygen atoms in total. The van der Waals surface area contributed by atoms with E-state index in [1.54, 1.807) is 13.0 Å². The van der Waals surface area contributed by atoms with Crippen LogP contribution in [-0.2, 0) is 6.18 Å². The minimum atomic E-state index is -4.35. The first-order chi connectivity index (χ1) is 8.38. The van der Waals surface area contributed by atoms with Gasteiger partial charge in [-0.25, -0.2) is 4.98 Å². The van der Waals surface area contributed by atoms with E-state index in [1.807, 2.05) is 0 Å². The molecule has 0 amide bonds. The topological polar surface area (TPSA) is 28.7 Å². The van der Waals surface area contributed by atoms with Crippen LogP contribution in [0, 0.1) is 11.7 Å². The second-order valence-corrected chi connectivity index (χ2v) is 4.21. The van der Waals surface area contributed by atoms with Gasteiger partial charge < -0.3 is 4.98 Å². The first-order valence-electron chi connectivity index (χ1n) is 5.11. The number of nitrogens with zero attached hydrogens (tertiary/aromatic N) is 1. The SMILES string of the molecule is Cc1cnc(=S)[nH]c1-c1cccc(C(F)(F)F)c1. The average molecular weight is 270 g/mol. The predicted molar refractivity (Wildman–Crippen MR) is 64.6 cm³/mol. The highest BCUT2D eigenvalue weighted by atomic mass is 32.1. The molecule has 0 atom stereocenters. The fraction of sp³-hybridized carbons (Fsp3) is 0.167. The molecule has 0 saturated heterocycles. The van der Waals surface area contributed by atoms with E-state index in [1.165, 1.54) is 12.3 Å². The molecule has 2 aromatic rings. The van der Waals surface area contributed by atoms with Crippen molar-refractivity contribution < 1.29 is 13.2 Å². The highest BCUT2D eigenvalue weighted by Gasteiger charge is 2.30. The molecular weight excluding hydrogens is 261 g/mol. The van der Waals surface area contributed by atoms with E-state index in [4.69, 9.17) is 12.2 Å². The van der Waals surface area contributed by atoms with Gasteiger partial charge in [-0.2, -0.15) is 13.2 Å². The molecule has 2 rings (SSSR count). The van der Waals surface area contributed by atoms with E-state index in [9.17, 15) is 13.2 Å². The van der Waals surface area contributed by atoms with Crippen molar-refractivity contribution in [2.24, 2.45) is 0 Å². The Bertz CT molecular complexity index is 632. The summed E-state index contributed by atoms with van der Waals surface area (Å²) in [6.07, 6.45) is -2.82. The van der Waals surface area contributed by atoms with E-state index in [0.717, 1.165) is 17.7 Å². The summed E-state index contributed by atoms with van der Waals surface area (Å²) in [5, 5.41) is 0. The van der Waals surface area contributed by atoms with Crippen LogP contribution in [0.25, 0.3) is 11.3 Å². The van der Waals surface area contributed by atoms with E-state index >= 15 is 0 Å². The number of aromatic amines is 1. The van der Waals surface area contributed by atoms with Crippen molar-refractivity contribution in [1.82, 2.24) is 9.97 Å². The normalized spacial score (nSPS) is 11.6. The van der Waals surface area contributed by atoms with Crippen molar-refractivity contribution in [2.45, 2.75) is 13.1 Å². The Morgan fingerprint density at radius 1 is 1.28 bits per heavy atom. The van der Waals surface area contributed by atoms with E-state index in [-0.39, 0.29) is 4.77 Å². The molecule has 0 fully saturated rings. The van der Waals surface area contributed by atoms with Gasteiger partial charge in [-0.15, -0.1) is 0 Å². The van der Waals surface area contributed by atoms with Crippen LogP contribution >= 0.6 is 12.2 Å². The zero-order chi connectivity index (χ0) is 13.3.